The molecule has 2 aromatic rings. The molecule has 0 unspecified atom stereocenters. The average Bonchev–Trinajstić information content (AvgIpc) is 3.44. The van der Waals surface area contributed by atoms with Gasteiger partial charge in [0.1, 0.15) is 58.9 Å². The van der Waals surface area contributed by atoms with E-state index < -0.39 is 118 Å². The molecule has 280 valence electrons. The Kier molecular flexibility index (Phi) is 7.97. The van der Waals surface area contributed by atoms with Crippen LogP contribution >= 0.6 is 0 Å². The number of carbonyl (C=O) groups excluding carboxylic acids is 3. The van der Waals surface area contributed by atoms with Crippen LogP contribution in [0.15, 0.2) is 29.0 Å². The summed E-state index contributed by atoms with van der Waals surface area (Å²) in [7, 11) is 1.39. The molecular weight excluding hydrogens is 686 g/mol. The first-order valence-electron chi connectivity index (χ1n) is 16.8. The summed E-state index contributed by atoms with van der Waals surface area (Å²) in [5, 5.41) is 101. The van der Waals surface area contributed by atoms with Gasteiger partial charge in [0.25, 0.3) is 5.91 Å². The third kappa shape index (κ3) is 4.17. The Morgan fingerprint density at radius 1 is 1.04 bits per heavy atom. The van der Waals surface area contributed by atoms with Crippen LogP contribution in [-0.4, -0.2) is 119 Å². The molecule has 1 spiro atoms. The van der Waals surface area contributed by atoms with Crippen molar-refractivity contribution in [2.45, 2.75) is 99.9 Å². The van der Waals surface area contributed by atoms with Crippen LogP contribution in [0.1, 0.15) is 73.2 Å². The zero-order valence-corrected chi connectivity index (χ0v) is 28.7. The first-order chi connectivity index (χ1) is 24.3. The van der Waals surface area contributed by atoms with Crippen molar-refractivity contribution in [2.24, 2.45) is 11.1 Å². The highest BCUT2D eigenvalue weighted by atomic mass is 16.7. The van der Waals surface area contributed by atoms with Gasteiger partial charge in [0, 0.05) is 34.4 Å². The number of aliphatic hydroxyl groups is 8. The highest BCUT2D eigenvalue weighted by molar-refractivity contribution is 6.24. The first kappa shape index (κ1) is 36.2. The van der Waals surface area contributed by atoms with Crippen molar-refractivity contribution >= 4 is 28.2 Å². The molecule has 1 amide bonds. The number of allylic oxidation sites excluding steroid dienone is 2. The molecule has 2 aromatic carbocycles. The van der Waals surface area contributed by atoms with Crippen molar-refractivity contribution in [3.05, 3.63) is 51.3 Å². The summed E-state index contributed by atoms with van der Waals surface area (Å²) in [4.78, 5) is 40.4. The lowest BCUT2D eigenvalue weighted by Crippen LogP contribution is -2.69. The molecular formula is C36H41NO15. The summed E-state index contributed by atoms with van der Waals surface area (Å²) in [6, 6.07) is 1.27. The fourth-order valence-corrected chi connectivity index (χ4v) is 9.49. The van der Waals surface area contributed by atoms with E-state index >= 15 is 0 Å². The molecule has 9 atom stereocenters. The third-order valence-corrected chi connectivity index (χ3v) is 12.3. The van der Waals surface area contributed by atoms with Gasteiger partial charge < -0.3 is 65.9 Å². The fraction of sp³-hybridized carbons (Fsp3) is 0.528. The Labute approximate surface area is 296 Å². The molecule has 11 N–H and O–H groups in total. The summed E-state index contributed by atoms with van der Waals surface area (Å²) >= 11 is 0. The van der Waals surface area contributed by atoms with Gasteiger partial charge >= 0.3 is 0 Å². The standard InChI is InChI=1S/C36H41NO15/c1-12-6-5-7-33(2,3)34(12)9-13-18-20(14(39)8-16(50-4)23(18)34)27(52-32-26(43)25(42)24(41)17(11-38)51-32)22-19(13)28(44)35(48)10-15(40)21(31(37)47)29(45)36(35,49)30(22)46/h6,8,17,24-26,28,32,38-39,41-45,48-49H,5,7,9-11H2,1-4H3,(H2,37,47)/t17-,24-,25+,26-,28+,32+,34-,35+,36-/m1/s1. The predicted molar refractivity (Wildman–Crippen MR) is 176 cm³/mol. The highest BCUT2D eigenvalue weighted by Gasteiger charge is 2.71. The first-order valence-corrected chi connectivity index (χ1v) is 16.8. The molecule has 0 saturated carbocycles. The molecule has 1 saturated heterocycles. The topological polar surface area (TPSA) is 287 Å². The quantitative estimate of drug-likeness (QED) is 0.134. The van der Waals surface area contributed by atoms with E-state index in [-0.39, 0.29) is 34.1 Å². The van der Waals surface area contributed by atoms with E-state index in [9.17, 15) is 60.3 Å². The Balaban J connectivity index is 1.64. The number of aliphatic hydroxyl groups excluding tert-OH is 6. The maximum Gasteiger partial charge on any atom is 0.255 e. The SMILES string of the molecule is COc1cc(O)c2c(O[C@@H]3O[C@H](CO)[C@@H](O)[C@H](O)[C@H]3O)c3c(c4c2c1[C@@]1(C4)C(C)=CCCC1(C)C)[C@H](O)[C@@]1(O)CC(=O)C(C(N)=O)=C(O)[C@@]1(O)C3=O. The minimum absolute atomic E-state index is 0.0395. The molecule has 52 heavy (non-hydrogen) atoms. The number of Topliss-reactive ketones (excluding diaryl/α,β-unsaturated/α-hetero) is 2. The van der Waals surface area contributed by atoms with E-state index in [0.29, 0.717) is 18.4 Å². The van der Waals surface area contributed by atoms with Gasteiger partial charge in [-0.05, 0) is 37.2 Å². The van der Waals surface area contributed by atoms with Crippen LogP contribution in [0.5, 0.6) is 17.2 Å². The zero-order chi connectivity index (χ0) is 38.2. The lowest BCUT2D eigenvalue weighted by atomic mass is 9.54. The van der Waals surface area contributed by atoms with Crippen LogP contribution in [-0.2, 0) is 26.2 Å². The number of nitrogens with two attached hydrogens (primary N) is 1. The summed E-state index contributed by atoms with van der Waals surface area (Å²) in [6.45, 7) is 5.09. The van der Waals surface area contributed by atoms with Crippen LogP contribution in [0.2, 0.25) is 0 Å². The smallest absolute Gasteiger partial charge is 0.255 e. The second-order valence-electron chi connectivity index (χ2n) is 15.1. The highest BCUT2D eigenvalue weighted by Crippen LogP contribution is 2.67. The number of ketones is 2. The largest absolute Gasteiger partial charge is 0.508 e. The summed E-state index contributed by atoms with van der Waals surface area (Å²) in [5.74, 6) is -6.99. The molecule has 16 nitrogen and oxygen atoms in total. The summed E-state index contributed by atoms with van der Waals surface area (Å²) in [6.07, 6.45) is -9.44. The number of ether oxygens (including phenoxy) is 3. The van der Waals surface area contributed by atoms with Gasteiger partial charge in [-0.3, -0.25) is 14.4 Å². The van der Waals surface area contributed by atoms with Gasteiger partial charge in [0.2, 0.25) is 17.7 Å². The van der Waals surface area contributed by atoms with Crippen molar-refractivity contribution < 1.29 is 74.6 Å². The second kappa shape index (κ2) is 11.4. The molecule has 1 aliphatic heterocycles. The summed E-state index contributed by atoms with van der Waals surface area (Å²) in [5.41, 5.74) is -3.62. The number of phenols is 1. The maximum atomic E-state index is 14.9. The molecule has 0 bridgehead atoms. The van der Waals surface area contributed by atoms with Gasteiger partial charge in [0.15, 0.2) is 11.5 Å². The van der Waals surface area contributed by atoms with E-state index in [1.54, 1.807) is 0 Å². The van der Waals surface area contributed by atoms with Crippen LogP contribution in [0.4, 0.5) is 0 Å². The Hall–Kier alpha value is -4.13. The molecule has 1 heterocycles. The Morgan fingerprint density at radius 3 is 2.31 bits per heavy atom. The van der Waals surface area contributed by atoms with Gasteiger partial charge in [-0.1, -0.05) is 25.5 Å². The number of rotatable bonds is 5. The van der Waals surface area contributed by atoms with Gasteiger partial charge in [-0.2, -0.15) is 0 Å². The number of hydrogen-bond donors (Lipinski definition) is 10. The molecule has 0 aromatic heterocycles. The van der Waals surface area contributed by atoms with Crippen LogP contribution in [0.3, 0.4) is 0 Å². The number of benzene rings is 2. The van der Waals surface area contributed by atoms with Crippen molar-refractivity contribution in [3.63, 3.8) is 0 Å². The zero-order valence-electron chi connectivity index (χ0n) is 28.7. The maximum absolute atomic E-state index is 14.9. The lowest BCUT2D eigenvalue weighted by molar-refractivity contribution is -0.277. The number of primary amides is 1. The van der Waals surface area contributed by atoms with Crippen molar-refractivity contribution in [3.8, 4) is 17.2 Å². The van der Waals surface area contributed by atoms with Crippen LogP contribution in [0, 0.1) is 5.41 Å². The van der Waals surface area contributed by atoms with E-state index in [2.05, 4.69) is 0 Å². The molecule has 4 aliphatic carbocycles. The van der Waals surface area contributed by atoms with Crippen LogP contribution < -0.4 is 15.2 Å². The van der Waals surface area contributed by atoms with Gasteiger partial charge in [-0.15, -0.1) is 0 Å². The number of carbonyl (C=O) groups is 3. The monoisotopic (exact) mass is 727 g/mol. The fourth-order valence-electron chi connectivity index (χ4n) is 9.49. The minimum atomic E-state index is -3.59. The van der Waals surface area contributed by atoms with E-state index in [1.165, 1.54) is 13.2 Å². The number of amides is 1. The third-order valence-electron chi connectivity index (χ3n) is 12.3. The van der Waals surface area contributed by atoms with Crippen LogP contribution in [0.25, 0.3) is 10.8 Å². The average molecular weight is 728 g/mol. The van der Waals surface area contributed by atoms with Gasteiger partial charge in [-0.25, -0.2) is 0 Å². The lowest BCUT2D eigenvalue weighted by Gasteiger charge is -2.51. The van der Waals surface area contributed by atoms with Crippen molar-refractivity contribution in [1.82, 2.24) is 0 Å². The van der Waals surface area contributed by atoms with Crippen molar-refractivity contribution in [1.29, 1.82) is 0 Å². The number of methoxy groups -OCH3 is 1. The number of hydrogen-bond acceptors (Lipinski definition) is 15. The van der Waals surface area contributed by atoms with E-state index in [0.717, 1.165) is 5.57 Å². The Bertz CT molecular complexity index is 2030. The van der Waals surface area contributed by atoms with E-state index in [4.69, 9.17) is 19.9 Å². The van der Waals surface area contributed by atoms with E-state index in [1.807, 2.05) is 26.8 Å². The Morgan fingerprint density at radius 2 is 1.71 bits per heavy atom. The number of fused-ring (bicyclic) bond motifs is 4. The molecule has 7 rings (SSSR count). The second-order valence-corrected chi connectivity index (χ2v) is 15.1. The molecule has 5 aliphatic rings. The number of phenolic OH excluding ortho intramolecular Hbond substituents is 1. The predicted octanol–water partition coefficient (Wildman–Crippen LogP) is -0.745. The molecule has 16 heteroatoms. The van der Waals surface area contributed by atoms with Crippen molar-refractivity contribution in [2.75, 3.05) is 13.7 Å². The van der Waals surface area contributed by atoms with Gasteiger partial charge in [0.05, 0.1) is 24.7 Å². The summed E-state index contributed by atoms with van der Waals surface area (Å²) < 4.78 is 17.6. The molecule has 1 fully saturated rings. The normalized spacial score (nSPS) is 36.5. The molecule has 0 radical (unpaired) electrons. The number of aromatic hydroxyl groups is 1. The minimum Gasteiger partial charge on any atom is -0.508 e.